The van der Waals surface area contributed by atoms with E-state index in [0.29, 0.717) is 5.82 Å². The molecule has 1 aromatic carbocycles. The maximum absolute atomic E-state index is 12.9. The Balaban J connectivity index is 1.34. The van der Waals surface area contributed by atoms with E-state index in [-0.39, 0.29) is 5.25 Å². The van der Waals surface area contributed by atoms with E-state index in [1.807, 2.05) is 30.3 Å². The van der Waals surface area contributed by atoms with Crippen molar-refractivity contribution in [2.75, 3.05) is 0 Å². The van der Waals surface area contributed by atoms with Crippen LogP contribution in [0.2, 0.25) is 0 Å². The molecule has 7 nitrogen and oxygen atoms in total. The minimum atomic E-state index is -0.983. The Morgan fingerprint density at radius 2 is 1.96 bits per heavy atom. The number of nitrogens with one attached hydrogen (secondary N) is 1. The van der Waals surface area contributed by atoms with Gasteiger partial charge in [0, 0.05) is 22.4 Å². The second-order valence-corrected chi connectivity index (χ2v) is 9.40. The molecule has 140 valence electrons. The minimum absolute atomic E-state index is 0.289. The molecule has 6 rings (SSSR count). The molecule has 0 spiro atoms. The summed E-state index contributed by atoms with van der Waals surface area (Å²) in [6.07, 6.45) is 8.57. The third-order valence-electron chi connectivity index (χ3n) is 5.90. The summed E-state index contributed by atoms with van der Waals surface area (Å²) in [7, 11) is -0.983. The van der Waals surface area contributed by atoms with E-state index in [4.69, 9.17) is 0 Å². The summed E-state index contributed by atoms with van der Waals surface area (Å²) in [4.78, 5) is 9.62. The van der Waals surface area contributed by atoms with E-state index in [9.17, 15) is 4.21 Å². The molecule has 1 N–H and O–H groups in total. The third kappa shape index (κ3) is 2.59. The Kier molecular flexibility index (Phi) is 3.49. The molecule has 2 saturated carbocycles. The number of nitrogens with zero attached hydrogens (tertiary/aromatic N) is 5. The van der Waals surface area contributed by atoms with Crippen LogP contribution in [0.4, 0.5) is 0 Å². The lowest BCUT2D eigenvalue weighted by atomic mass is 10.2. The SMILES string of the molecule is O=[S@](c1cnc2c(cnn2-c2cccc(-c3ncn[nH]3)c2)c1)C1C[C@@H]2C[C@@H]2C1. The Hall–Kier alpha value is -2.87. The van der Waals surface area contributed by atoms with Gasteiger partial charge in [0.15, 0.2) is 11.5 Å². The van der Waals surface area contributed by atoms with Gasteiger partial charge >= 0.3 is 0 Å². The molecule has 4 aromatic rings. The van der Waals surface area contributed by atoms with Crippen LogP contribution >= 0.6 is 0 Å². The maximum atomic E-state index is 12.9. The number of fused-ring (bicyclic) bond motifs is 2. The predicted octanol–water partition coefficient (Wildman–Crippen LogP) is 3.11. The molecule has 3 heterocycles. The van der Waals surface area contributed by atoms with Crippen LogP contribution in [0.3, 0.4) is 0 Å². The van der Waals surface area contributed by atoms with Crippen LogP contribution in [0.5, 0.6) is 0 Å². The van der Waals surface area contributed by atoms with Crippen LogP contribution in [0.15, 0.2) is 53.9 Å². The molecule has 2 aliphatic rings. The van der Waals surface area contributed by atoms with E-state index in [1.165, 1.54) is 12.7 Å². The van der Waals surface area contributed by atoms with E-state index in [1.54, 1.807) is 17.1 Å². The highest BCUT2D eigenvalue weighted by atomic mass is 32.2. The van der Waals surface area contributed by atoms with Crippen LogP contribution in [-0.4, -0.2) is 39.4 Å². The van der Waals surface area contributed by atoms with Crippen molar-refractivity contribution in [2.45, 2.75) is 29.4 Å². The van der Waals surface area contributed by atoms with Gasteiger partial charge in [-0.1, -0.05) is 12.1 Å². The van der Waals surface area contributed by atoms with Crippen molar-refractivity contribution in [1.29, 1.82) is 0 Å². The Bertz CT molecular complexity index is 1190. The molecule has 0 amide bonds. The number of hydrogen-bond acceptors (Lipinski definition) is 5. The van der Waals surface area contributed by atoms with Crippen molar-refractivity contribution in [3.05, 3.63) is 49.1 Å². The van der Waals surface area contributed by atoms with Crippen LogP contribution in [0.25, 0.3) is 28.1 Å². The molecule has 28 heavy (non-hydrogen) atoms. The highest BCUT2D eigenvalue weighted by molar-refractivity contribution is 7.85. The minimum Gasteiger partial charge on any atom is -0.259 e. The number of pyridine rings is 1. The molecular formula is C20H18N6OS. The molecule has 0 saturated heterocycles. The van der Waals surface area contributed by atoms with E-state index < -0.39 is 10.8 Å². The van der Waals surface area contributed by atoms with Crippen LogP contribution in [0, 0.1) is 11.8 Å². The molecule has 0 aliphatic heterocycles. The van der Waals surface area contributed by atoms with Gasteiger partial charge < -0.3 is 0 Å². The molecule has 1 unspecified atom stereocenters. The van der Waals surface area contributed by atoms with Gasteiger partial charge in [-0.2, -0.15) is 10.2 Å². The average Bonchev–Trinajstić information content (AvgIpc) is 3.20. The lowest BCUT2D eigenvalue weighted by Gasteiger charge is -2.11. The van der Waals surface area contributed by atoms with Gasteiger partial charge in [0.1, 0.15) is 6.33 Å². The molecule has 4 atom stereocenters. The molecular weight excluding hydrogens is 372 g/mol. The zero-order valence-electron chi connectivity index (χ0n) is 15.0. The highest BCUT2D eigenvalue weighted by Crippen LogP contribution is 2.53. The lowest BCUT2D eigenvalue weighted by Crippen LogP contribution is -2.13. The van der Waals surface area contributed by atoms with E-state index in [2.05, 4.69) is 25.3 Å². The second-order valence-electron chi connectivity index (χ2n) is 7.67. The first kappa shape index (κ1) is 16.1. The summed E-state index contributed by atoms with van der Waals surface area (Å²) >= 11 is 0. The molecule has 0 radical (unpaired) electrons. The zero-order valence-corrected chi connectivity index (χ0v) is 15.8. The van der Waals surface area contributed by atoms with Crippen LogP contribution in [-0.2, 0) is 10.8 Å². The fourth-order valence-electron chi connectivity index (χ4n) is 4.36. The first-order chi connectivity index (χ1) is 13.8. The number of H-pyrrole nitrogens is 1. The van der Waals surface area contributed by atoms with Crippen LogP contribution in [0.1, 0.15) is 19.3 Å². The topological polar surface area (TPSA) is 89.3 Å². The standard InChI is InChI=1S/C20H18N6OS/c27-28(17-6-13-4-14(13)7-17)18-8-15-9-24-26(20(15)21-10-18)16-3-1-2-12(5-16)19-22-11-23-25-19/h1-3,5,8-11,13-14,17H,4,6-7H2,(H,22,23,25)/t13-,14+,17?,28-/m0/s1. The Morgan fingerprint density at radius 3 is 2.79 bits per heavy atom. The summed E-state index contributed by atoms with van der Waals surface area (Å²) < 4.78 is 14.7. The van der Waals surface area contributed by atoms with Gasteiger partial charge in [-0.15, -0.1) is 0 Å². The average molecular weight is 390 g/mol. The summed E-state index contributed by atoms with van der Waals surface area (Å²) in [6.45, 7) is 0. The van der Waals surface area contributed by atoms with Crippen LogP contribution < -0.4 is 0 Å². The third-order valence-corrected chi connectivity index (χ3v) is 7.58. The first-order valence-corrected chi connectivity index (χ1v) is 10.7. The molecule has 8 heteroatoms. The smallest absolute Gasteiger partial charge is 0.162 e. The fourth-order valence-corrected chi connectivity index (χ4v) is 5.98. The van der Waals surface area contributed by atoms with Crippen molar-refractivity contribution < 1.29 is 4.21 Å². The van der Waals surface area contributed by atoms with Crippen molar-refractivity contribution in [3.63, 3.8) is 0 Å². The number of benzene rings is 1. The fraction of sp³-hybridized carbons (Fsp3) is 0.300. The highest BCUT2D eigenvalue weighted by Gasteiger charge is 2.47. The zero-order chi connectivity index (χ0) is 18.7. The number of hydrogen-bond donors (Lipinski definition) is 1. The van der Waals surface area contributed by atoms with Gasteiger partial charge in [0.2, 0.25) is 0 Å². The van der Waals surface area contributed by atoms with Gasteiger partial charge in [-0.25, -0.2) is 14.6 Å². The Morgan fingerprint density at radius 1 is 1.07 bits per heavy atom. The summed E-state index contributed by atoms with van der Waals surface area (Å²) in [5.74, 6) is 2.36. The van der Waals surface area contributed by atoms with E-state index >= 15 is 0 Å². The Labute approximate surface area is 163 Å². The number of rotatable bonds is 4. The second kappa shape index (κ2) is 6.07. The maximum Gasteiger partial charge on any atom is 0.162 e. The number of aromatic amines is 1. The molecule has 0 bridgehead atoms. The van der Waals surface area contributed by atoms with E-state index in [0.717, 1.165) is 51.9 Å². The van der Waals surface area contributed by atoms with Crippen molar-refractivity contribution in [1.82, 2.24) is 29.9 Å². The quantitative estimate of drug-likeness (QED) is 0.578. The summed E-state index contributed by atoms with van der Waals surface area (Å²) in [6, 6.07) is 9.87. The monoisotopic (exact) mass is 390 g/mol. The largest absolute Gasteiger partial charge is 0.259 e. The van der Waals surface area contributed by atoms with Crippen molar-refractivity contribution >= 4 is 21.8 Å². The van der Waals surface area contributed by atoms with Gasteiger partial charge in [-0.3, -0.25) is 9.31 Å². The van der Waals surface area contributed by atoms with Gasteiger partial charge in [0.05, 0.1) is 27.6 Å². The summed E-state index contributed by atoms with van der Waals surface area (Å²) in [5, 5.41) is 12.5. The predicted molar refractivity (Wildman–Crippen MR) is 105 cm³/mol. The molecule has 2 fully saturated rings. The first-order valence-electron chi connectivity index (χ1n) is 9.47. The van der Waals surface area contributed by atoms with Gasteiger partial charge in [-0.05, 0) is 49.3 Å². The molecule has 2 aliphatic carbocycles. The lowest BCUT2D eigenvalue weighted by molar-refractivity contribution is 0.653. The normalized spacial score (nSPS) is 24.4. The van der Waals surface area contributed by atoms with Crippen molar-refractivity contribution in [2.24, 2.45) is 11.8 Å². The van der Waals surface area contributed by atoms with Crippen molar-refractivity contribution in [3.8, 4) is 17.1 Å². The summed E-state index contributed by atoms with van der Waals surface area (Å²) in [5.41, 5.74) is 2.57. The number of aromatic nitrogens is 6. The van der Waals surface area contributed by atoms with Gasteiger partial charge in [0.25, 0.3) is 0 Å². The molecule has 3 aromatic heterocycles.